The maximum atomic E-state index is 11.2. The van der Waals surface area contributed by atoms with E-state index in [1.807, 2.05) is 6.07 Å². The molecule has 0 aliphatic carbocycles. The molecule has 0 aliphatic rings. The number of pyridine rings is 1. The number of phenols is 1. The number of phenolic OH excluding ortho intramolecular Hbond substituents is 1. The molecule has 0 atom stereocenters. The normalized spacial score (nSPS) is 11.7. The fourth-order valence-electron chi connectivity index (χ4n) is 1.86. The summed E-state index contributed by atoms with van der Waals surface area (Å²) < 4.78 is 24.8. The van der Waals surface area contributed by atoms with Crippen molar-refractivity contribution in [2.45, 2.75) is 0 Å². The Labute approximate surface area is 125 Å². The highest BCUT2D eigenvalue weighted by atomic mass is 32.2. The summed E-state index contributed by atoms with van der Waals surface area (Å²) in [5.74, 6) is 0.166. The number of anilines is 1. The molecule has 2 heterocycles. The van der Waals surface area contributed by atoms with Crippen molar-refractivity contribution in [3.8, 4) is 16.3 Å². The van der Waals surface area contributed by atoms with Gasteiger partial charge in [0.15, 0.2) is 0 Å². The number of nitrogens with one attached hydrogen (secondary N) is 1. The summed E-state index contributed by atoms with van der Waals surface area (Å²) in [7, 11) is -3.34. The maximum Gasteiger partial charge on any atom is 0.229 e. The fraction of sp³-hybridized carbons (Fsp3) is 0.0769. The number of nitrogens with zero attached hydrogens (tertiary/aromatic N) is 2. The highest BCUT2D eigenvalue weighted by Crippen LogP contribution is 2.31. The Bertz CT molecular complexity index is 919. The molecule has 0 bridgehead atoms. The maximum absolute atomic E-state index is 11.2. The summed E-state index contributed by atoms with van der Waals surface area (Å²) in [5.41, 5.74) is 1.76. The van der Waals surface area contributed by atoms with E-state index >= 15 is 0 Å². The molecule has 1 aromatic carbocycles. The molecule has 8 heteroatoms. The lowest BCUT2D eigenvalue weighted by molar-refractivity contribution is 0.475. The minimum atomic E-state index is -3.34. The lowest BCUT2D eigenvalue weighted by Gasteiger charge is -2.01. The zero-order valence-electron chi connectivity index (χ0n) is 10.9. The predicted octanol–water partition coefficient (Wildman–Crippen LogP) is 2.44. The van der Waals surface area contributed by atoms with Crippen LogP contribution in [-0.4, -0.2) is 29.7 Å². The minimum absolute atomic E-state index is 0.166. The first-order valence-corrected chi connectivity index (χ1v) is 8.65. The summed E-state index contributed by atoms with van der Waals surface area (Å²) >= 11 is 1.38. The molecule has 6 nitrogen and oxygen atoms in total. The quantitative estimate of drug-likeness (QED) is 0.773. The lowest BCUT2D eigenvalue weighted by Crippen LogP contribution is -2.09. The number of thiazole rings is 1. The molecule has 0 aliphatic heterocycles. The molecule has 0 unspecified atom stereocenters. The lowest BCUT2D eigenvalue weighted by atomic mass is 10.2. The highest BCUT2D eigenvalue weighted by molar-refractivity contribution is 7.92. The zero-order valence-corrected chi connectivity index (χ0v) is 12.6. The average Bonchev–Trinajstić information content (AvgIpc) is 2.80. The van der Waals surface area contributed by atoms with Gasteiger partial charge in [-0.25, -0.2) is 18.4 Å². The third kappa shape index (κ3) is 3.11. The smallest absolute Gasteiger partial charge is 0.229 e. The second kappa shape index (κ2) is 4.97. The van der Waals surface area contributed by atoms with E-state index < -0.39 is 10.0 Å². The van der Waals surface area contributed by atoms with Crippen LogP contribution >= 0.6 is 11.3 Å². The number of hydrogen-bond acceptors (Lipinski definition) is 6. The molecule has 0 spiro atoms. The van der Waals surface area contributed by atoms with Gasteiger partial charge in [0.2, 0.25) is 10.0 Å². The molecule has 0 saturated heterocycles. The van der Waals surface area contributed by atoms with Crippen LogP contribution in [0, 0.1) is 0 Å². The van der Waals surface area contributed by atoms with Crippen LogP contribution in [0.5, 0.6) is 5.75 Å². The Morgan fingerprint density at radius 1 is 1.29 bits per heavy atom. The Balaban J connectivity index is 2.04. The van der Waals surface area contributed by atoms with Crippen LogP contribution in [0.25, 0.3) is 20.9 Å². The number of fused-ring (bicyclic) bond motifs is 1. The van der Waals surface area contributed by atoms with Crippen molar-refractivity contribution in [2.24, 2.45) is 0 Å². The standard InChI is InChI=1S/C13H11N3O3S2/c1-21(18,19)16-9-6-11-13(14-7-9)20-12(15-11)8-3-2-4-10(17)5-8/h2-7,16-17H,1H3. The first kappa shape index (κ1) is 13.8. The van der Waals surface area contributed by atoms with E-state index in [1.54, 1.807) is 24.3 Å². The predicted molar refractivity (Wildman–Crippen MR) is 83.0 cm³/mol. The monoisotopic (exact) mass is 321 g/mol. The van der Waals surface area contributed by atoms with Gasteiger partial charge in [0.1, 0.15) is 21.1 Å². The summed E-state index contributed by atoms with van der Waals surface area (Å²) in [6.45, 7) is 0. The first-order valence-electron chi connectivity index (χ1n) is 5.94. The van der Waals surface area contributed by atoms with Gasteiger partial charge in [-0.3, -0.25) is 4.72 Å². The summed E-state index contributed by atoms with van der Waals surface area (Å²) in [6, 6.07) is 8.41. The molecule has 2 N–H and O–H groups in total. The molecule has 2 aromatic heterocycles. The molecule has 108 valence electrons. The van der Waals surface area contributed by atoms with Crippen LogP contribution in [0.3, 0.4) is 0 Å². The SMILES string of the molecule is CS(=O)(=O)Nc1cnc2sc(-c3cccc(O)c3)nc2c1. The van der Waals surface area contributed by atoms with Crippen LogP contribution in [0.2, 0.25) is 0 Å². The molecule has 3 rings (SSSR count). The van der Waals surface area contributed by atoms with Crippen LogP contribution < -0.4 is 4.72 Å². The molecular formula is C13H11N3O3S2. The number of rotatable bonds is 3. The van der Waals surface area contributed by atoms with Crippen molar-refractivity contribution in [1.29, 1.82) is 0 Å². The van der Waals surface area contributed by atoms with Gasteiger partial charge in [0.05, 0.1) is 18.1 Å². The summed E-state index contributed by atoms with van der Waals surface area (Å²) in [4.78, 5) is 9.33. The van der Waals surface area contributed by atoms with Gasteiger partial charge in [-0.05, 0) is 18.2 Å². The van der Waals surface area contributed by atoms with Crippen molar-refractivity contribution >= 4 is 37.4 Å². The van der Waals surface area contributed by atoms with Gasteiger partial charge in [-0.1, -0.05) is 23.5 Å². The molecule has 3 aromatic rings. The van der Waals surface area contributed by atoms with Crippen LogP contribution in [0.4, 0.5) is 5.69 Å². The van der Waals surface area contributed by atoms with Crippen LogP contribution in [0.15, 0.2) is 36.5 Å². The van der Waals surface area contributed by atoms with Gasteiger partial charge < -0.3 is 5.11 Å². The first-order chi connectivity index (χ1) is 9.90. The molecule has 21 heavy (non-hydrogen) atoms. The van der Waals surface area contributed by atoms with Crippen LogP contribution in [0.1, 0.15) is 0 Å². The van der Waals surface area contributed by atoms with Gasteiger partial charge >= 0.3 is 0 Å². The minimum Gasteiger partial charge on any atom is -0.508 e. The van der Waals surface area contributed by atoms with Gasteiger partial charge in [-0.15, -0.1) is 0 Å². The topological polar surface area (TPSA) is 92.2 Å². The average molecular weight is 321 g/mol. The Hall–Kier alpha value is -2.19. The summed E-state index contributed by atoms with van der Waals surface area (Å²) in [6.07, 6.45) is 2.53. The van der Waals surface area contributed by atoms with E-state index in [4.69, 9.17) is 0 Å². The van der Waals surface area contributed by atoms with Gasteiger partial charge in [-0.2, -0.15) is 0 Å². The Morgan fingerprint density at radius 2 is 2.10 bits per heavy atom. The van der Waals surface area contributed by atoms with Gasteiger partial charge in [0, 0.05) is 5.56 Å². The number of benzene rings is 1. The van der Waals surface area contributed by atoms with E-state index in [0.29, 0.717) is 21.0 Å². The molecule has 0 fully saturated rings. The van der Waals surface area contributed by atoms with E-state index in [-0.39, 0.29) is 5.75 Å². The fourth-order valence-corrected chi connectivity index (χ4v) is 3.28. The van der Waals surface area contributed by atoms with Crippen molar-refractivity contribution in [2.75, 3.05) is 11.0 Å². The number of aromatic nitrogens is 2. The van der Waals surface area contributed by atoms with Gasteiger partial charge in [0.25, 0.3) is 0 Å². The molecular weight excluding hydrogens is 310 g/mol. The Kier molecular flexibility index (Phi) is 3.26. The molecule has 0 radical (unpaired) electrons. The molecule has 0 saturated carbocycles. The van der Waals surface area contributed by atoms with Crippen molar-refractivity contribution in [3.05, 3.63) is 36.5 Å². The number of sulfonamides is 1. The van der Waals surface area contributed by atoms with Crippen molar-refractivity contribution in [1.82, 2.24) is 9.97 Å². The van der Waals surface area contributed by atoms with Crippen molar-refractivity contribution < 1.29 is 13.5 Å². The number of hydrogen-bond donors (Lipinski definition) is 2. The Morgan fingerprint density at radius 3 is 2.81 bits per heavy atom. The second-order valence-electron chi connectivity index (χ2n) is 4.49. The van der Waals surface area contributed by atoms with Crippen molar-refractivity contribution in [3.63, 3.8) is 0 Å². The van der Waals surface area contributed by atoms with E-state index in [0.717, 1.165) is 11.8 Å². The zero-order chi connectivity index (χ0) is 15.0. The number of aromatic hydroxyl groups is 1. The largest absolute Gasteiger partial charge is 0.508 e. The third-order valence-corrected chi connectivity index (χ3v) is 4.28. The second-order valence-corrected chi connectivity index (χ2v) is 7.22. The molecule has 0 amide bonds. The summed E-state index contributed by atoms with van der Waals surface area (Å²) in [5, 5.41) is 10.2. The van der Waals surface area contributed by atoms with E-state index in [2.05, 4.69) is 14.7 Å². The third-order valence-electron chi connectivity index (χ3n) is 2.64. The van der Waals surface area contributed by atoms with E-state index in [1.165, 1.54) is 17.5 Å². The van der Waals surface area contributed by atoms with E-state index in [9.17, 15) is 13.5 Å². The highest BCUT2D eigenvalue weighted by Gasteiger charge is 2.10. The van der Waals surface area contributed by atoms with Crippen LogP contribution in [-0.2, 0) is 10.0 Å².